The SMILES string of the molecule is Cc1ccccc1CN(C(=O)CN(c1ccc(F)cc1)S(=O)(=O)c1ccccc1)[C@@H](C)C(=O)NC1CCCC1. The van der Waals surface area contributed by atoms with Crippen molar-refractivity contribution in [1.29, 1.82) is 0 Å². The fraction of sp³-hybridized carbons (Fsp3) is 0.333. The average Bonchev–Trinajstić information content (AvgIpc) is 3.45. The lowest BCUT2D eigenvalue weighted by Crippen LogP contribution is -2.52. The summed E-state index contributed by atoms with van der Waals surface area (Å²) < 4.78 is 42.1. The minimum atomic E-state index is -4.18. The van der Waals surface area contributed by atoms with Gasteiger partial charge in [-0.2, -0.15) is 0 Å². The molecule has 1 atom stereocenters. The summed E-state index contributed by atoms with van der Waals surface area (Å²) in [4.78, 5) is 28.6. The summed E-state index contributed by atoms with van der Waals surface area (Å²) >= 11 is 0. The molecule has 1 aliphatic carbocycles. The molecule has 9 heteroatoms. The van der Waals surface area contributed by atoms with Crippen LogP contribution in [0.4, 0.5) is 10.1 Å². The van der Waals surface area contributed by atoms with Crippen molar-refractivity contribution in [2.75, 3.05) is 10.8 Å². The summed E-state index contributed by atoms with van der Waals surface area (Å²) in [6, 6.07) is 19.5. The third-order valence-corrected chi connectivity index (χ3v) is 8.98. The van der Waals surface area contributed by atoms with E-state index in [1.54, 1.807) is 25.1 Å². The van der Waals surface area contributed by atoms with Crippen molar-refractivity contribution in [2.45, 2.75) is 63.1 Å². The summed E-state index contributed by atoms with van der Waals surface area (Å²) in [5, 5.41) is 3.06. The topological polar surface area (TPSA) is 86.8 Å². The van der Waals surface area contributed by atoms with Crippen LogP contribution < -0.4 is 9.62 Å². The van der Waals surface area contributed by atoms with E-state index >= 15 is 0 Å². The van der Waals surface area contributed by atoms with E-state index in [1.807, 2.05) is 31.2 Å². The fourth-order valence-electron chi connectivity index (χ4n) is 4.80. The highest BCUT2D eigenvalue weighted by Gasteiger charge is 2.33. The van der Waals surface area contributed by atoms with Crippen molar-refractivity contribution in [1.82, 2.24) is 10.2 Å². The number of rotatable bonds is 10. The Morgan fingerprint density at radius 1 is 0.949 bits per heavy atom. The molecule has 0 heterocycles. The normalized spacial score (nSPS) is 14.5. The van der Waals surface area contributed by atoms with Crippen LogP contribution in [0.25, 0.3) is 0 Å². The molecule has 3 aromatic rings. The maximum absolute atomic E-state index is 13.9. The van der Waals surface area contributed by atoms with Crippen LogP contribution in [0.1, 0.15) is 43.7 Å². The van der Waals surface area contributed by atoms with Gasteiger partial charge < -0.3 is 10.2 Å². The number of nitrogens with zero attached hydrogens (tertiary/aromatic N) is 2. The second-order valence-corrected chi connectivity index (χ2v) is 11.8. The number of anilines is 1. The second-order valence-electron chi connectivity index (χ2n) is 9.92. The van der Waals surface area contributed by atoms with Crippen LogP contribution in [0.3, 0.4) is 0 Å². The van der Waals surface area contributed by atoms with Gasteiger partial charge in [-0.25, -0.2) is 12.8 Å². The number of sulfonamides is 1. The first-order valence-electron chi connectivity index (χ1n) is 13.1. The lowest BCUT2D eigenvalue weighted by molar-refractivity contribution is -0.139. The van der Waals surface area contributed by atoms with Crippen LogP contribution in [-0.2, 0) is 26.2 Å². The molecule has 0 unspecified atom stereocenters. The molecule has 1 saturated carbocycles. The highest BCUT2D eigenvalue weighted by molar-refractivity contribution is 7.92. The third kappa shape index (κ3) is 6.84. The van der Waals surface area contributed by atoms with Gasteiger partial charge in [0.15, 0.2) is 0 Å². The van der Waals surface area contributed by atoms with Gasteiger partial charge in [0, 0.05) is 12.6 Å². The molecule has 1 N–H and O–H groups in total. The summed E-state index contributed by atoms with van der Waals surface area (Å²) in [5.74, 6) is -1.35. The van der Waals surface area contributed by atoms with E-state index in [9.17, 15) is 22.4 Å². The van der Waals surface area contributed by atoms with E-state index in [4.69, 9.17) is 0 Å². The summed E-state index contributed by atoms with van der Waals surface area (Å²) in [6.07, 6.45) is 3.90. The minimum Gasteiger partial charge on any atom is -0.352 e. The van der Waals surface area contributed by atoms with E-state index in [1.165, 1.54) is 29.2 Å². The Kier molecular flexibility index (Phi) is 9.01. The predicted octanol–water partition coefficient (Wildman–Crippen LogP) is 4.81. The predicted molar refractivity (Wildman–Crippen MR) is 149 cm³/mol. The zero-order valence-corrected chi connectivity index (χ0v) is 23.0. The molecule has 0 spiro atoms. The third-order valence-electron chi connectivity index (χ3n) is 7.20. The van der Waals surface area contributed by atoms with Crippen molar-refractivity contribution in [2.24, 2.45) is 0 Å². The Morgan fingerprint density at radius 2 is 1.56 bits per heavy atom. The summed E-state index contributed by atoms with van der Waals surface area (Å²) in [5.41, 5.74) is 1.95. The van der Waals surface area contributed by atoms with Gasteiger partial charge in [0.1, 0.15) is 18.4 Å². The molecule has 0 saturated heterocycles. The van der Waals surface area contributed by atoms with Crippen molar-refractivity contribution >= 4 is 27.5 Å². The van der Waals surface area contributed by atoms with Crippen LogP contribution >= 0.6 is 0 Å². The van der Waals surface area contributed by atoms with Gasteiger partial charge in [-0.1, -0.05) is 55.3 Å². The molecule has 0 aliphatic heterocycles. The number of halogens is 1. The van der Waals surface area contributed by atoms with Gasteiger partial charge in [0.2, 0.25) is 11.8 Å². The van der Waals surface area contributed by atoms with E-state index in [0.29, 0.717) is 0 Å². The van der Waals surface area contributed by atoms with Gasteiger partial charge in [0.05, 0.1) is 10.6 Å². The summed E-state index contributed by atoms with van der Waals surface area (Å²) in [7, 11) is -4.18. The zero-order valence-electron chi connectivity index (χ0n) is 22.2. The van der Waals surface area contributed by atoms with Gasteiger partial charge in [0.25, 0.3) is 10.0 Å². The maximum Gasteiger partial charge on any atom is 0.264 e. The first-order chi connectivity index (χ1) is 18.7. The fourth-order valence-corrected chi connectivity index (χ4v) is 6.24. The summed E-state index contributed by atoms with van der Waals surface area (Å²) in [6.45, 7) is 3.16. The van der Waals surface area contributed by atoms with E-state index in [2.05, 4.69) is 5.32 Å². The Balaban J connectivity index is 1.68. The van der Waals surface area contributed by atoms with Gasteiger partial charge >= 0.3 is 0 Å². The minimum absolute atomic E-state index is 0.000367. The Labute approximate surface area is 229 Å². The van der Waals surface area contributed by atoms with Gasteiger partial charge in [-0.05, 0) is 74.2 Å². The first-order valence-corrected chi connectivity index (χ1v) is 14.6. The van der Waals surface area contributed by atoms with Crippen molar-refractivity contribution in [3.8, 4) is 0 Å². The lowest BCUT2D eigenvalue weighted by Gasteiger charge is -2.32. The van der Waals surface area contributed by atoms with Gasteiger partial charge in [-0.15, -0.1) is 0 Å². The number of hydrogen-bond acceptors (Lipinski definition) is 4. The molecule has 4 rings (SSSR count). The molecule has 0 aromatic heterocycles. The van der Waals surface area contributed by atoms with Crippen molar-refractivity contribution in [3.05, 3.63) is 95.8 Å². The monoisotopic (exact) mass is 551 g/mol. The Bertz CT molecular complexity index is 1390. The number of carbonyl (C=O) groups is 2. The second kappa shape index (κ2) is 12.4. The average molecular weight is 552 g/mol. The largest absolute Gasteiger partial charge is 0.352 e. The van der Waals surface area contributed by atoms with Crippen LogP contribution in [0.2, 0.25) is 0 Å². The molecule has 0 bridgehead atoms. The number of benzene rings is 3. The van der Waals surface area contributed by atoms with Crippen LogP contribution in [-0.4, -0.2) is 43.8 Å². The highest BCUT2D eigenvalue weighted by atomic mass is 32.2. The number of aryl methyl sites for hydroxylation is 1. The number of nitrogens with one attached hydrogen (secondary N) is 1. The Morgan fingerprint density at radius 3 is 2.21 bits per heavy atom. The number of amides is 2. The number of carbonyl (C=O) groups excluding carboxylic acids is 2. The molecule has 39 heavy (non-hydrogen) atoms. The molecule has 0 radical (unpaired) electrons. The van der Waals surface area contributed by atoms with Gasteiger partial charge in [-0.3, -0.25) is 13.9 Å². The lowest BCUT2D eigenvalue weighted by atomic mass is 10.1. The van der Waals surface area contributed by atoms with Crippen molar-refractivity contribution < 1.29 is 22.4 Å². The zero-order chi connectivity index (χ0) is 28.0. The molecule has 3 aromatic carbocycles. The quantitative estimate of drug-likeness (QED) is 0.392. The molecular weight excluding hydrogens is 517 g/mol. The molecule has 1 aliphatic rings. The standard InChI is InChI=1S/C30H34FN3O4S/c1-22-10-6-7-11-24(22)20-33(23(2)30(36)32-26-12-8-9-13-26)29(35)21-34(27-18-16-25(31)17-19-27)39(37,38)28-14-4-3-5-15-28/h3-7,10-11,14-19,23,26H,8-9,12-13,20-21H2,1-2H3,(H,32,36)/t23-/m0/s1. The molecular formula is C30H34FN3O4S. The highest BCUT2D eigenvalue weighted by Crippen LogP contribution is 2.25. The molecule has 2 amide bonds. The smallest absolute Gasteiger partial charge is 0.264 e. The van der Waals surface area contributed by atoms with E-state index < -0.39 is 34.3 Å². The van der Waals surface area contributed by atoms with Crippen LogP contribution in [0.15, 0.2) is 83.8 Å². The maximum atomic E-state index is 13.9. The first kappa shape index (κ1) is 28.3. The Hall–Kier alpha value is -3.72. The molecule has 1 fully saturated rings. The molecule has 7 nitrogen and oxygen atoms in total. The molecule has 206 valence electrons. The number of hydrogen-bond donors (Lipinski definition) is 1. The van der Waals surface area contributed by atoms with Crippen LogP contribution in [0, 0.1) is 12.7 Å². The van der Waals surface area contributed by atoms with Crippen LogP contribution in [0.5, 0.6) is 0 Å². The van der Waals surface area contributed by atoms with E-state index in [0.717, 1.165) is 53.2 Å². The van der Waals surface area contributed by atoms with Crippen molar-refractivity contribution in [3.63, 3.8) is 0 Å². The van der Waals surface area contributed by atoms with E-state index in [-0.39, 0.29) is 29.1 Å².